The Bertz CT molecular complexity index is 231. The molecule has 0 bridgehead atoms. The molecule has 0 aromatic carbocycles. The number of aliphatic hydroxyl groups excluding tert-OH is 1. The number of hydrogen-bond acceptors (Lipinski definition) is 3. The predicted molar refractivity (Wildman–Crippen MR) is 46.9 cm³/mol. The summed E-state index contributed by atoms with van der Waals surface area (Å²) in [6, 6.07) is 0. The first kappa shape index (κ1) is 9.13. The van der Waals surface area contributed by atoms with Gasteiger partial charge in [-0.15, -0.1) is 0 Å². The average molecular weight is 166 g/mol. The smallest absolute Gasteiger partial charge is 0.130 e. The molecule has 0 atom stereocenters. The molecular weight excluding hydrogens is 152 g/mol. The highest BCUT2D eigenvalue weighted by atomic mass is 16.3. The van der Waals surface area contributed by atoms with Gasteiger partial charge < -0.3 is 5.11 Å². The van der Waals surface area contributed by atoms with Gasteiger partial charge in [0.05, 0.1) is 6.61 Å². The summed E-state index contributed by atoms with van der Waals surface area (Å²) in [6.45, 7) is 4.32. The Labute approximate surface area is 72.5 Å². The Morgan fingerprint density at radius 2 is 1.92 bits per heavy atom. The molecule has 1 rings (SSSR count). The molecule has 0 aliphatic rings. The quantitative estimate of drug-likeness (QED) is 0.732. The van der Waals surface area contributed by atoms with Crippen molar-refractivity contribution in [1.29, 1.82) is 0 Å². The highest BCUT2D eigenvalue weighted by Gasteiger charge is 2.00. The molecule has 66 valence electrons. The summed E-state index contributed by atoms with van der Waals surface area (Å²) in [4.78, 5) is 8.24. The third-order valence-electron chi connectivity index (χ3n) is 1.73. The Kier molecular flexibility index (Phi) is 3.17. The van der Waals surface area contributed by atoms with Gasteiger partial charge in [0.15, 0.2) is 0 Å². The van der Waals surface area contributed by atoms with Crippen molar-refractivity contribution in [1.82, 2.24) is 9.97 Å². The van der Waals surface area contributed by atoms with E-state index in [1.807, 2.05) is 12.4 Å². The number of hydrogen-bond donors (Lipinski definition) is 1. The van der Waals surface area contributed by atoms with Crippen molar-refractivity contribution in [2.75, 3.05) is 6.61 Å². The van der Waals surface area contributed by atoms with Crippen molar-refractivity contribution in [2.45, 2.75) is 26.2 Å². The molecule has 12 heavy (non-hydrogen) atoms. The zero-order valence-electron chi connectivity index (χ0n) is 7.49. The first-order valence-electron chi connectivity index (χ1n) is 4.15. The van der Waals surface area contributed by atoms with Gasteiger partial charge in [-0.05, 0) is 11.5 Å². The molecule has 0 fully saturated rings. The van der Waals surface area contributed by atoms with Gasteiger partial charge in [-0.25, -0.2) is 9.97 Å². The largest absolute Gasteiger partial charge is 0.396 e. The van der Waals surface area contributed by atoms with Crippen LogP contribution in [0.4, 0.5) is 0 Å². The van der Waals surface area contributed by atoms with E-state index in [0.717, 1.165) is 5.56 Å². The van der Waals surface area contributed by atoms with E-state index in [1.54, 1.807) is 0 Å². The third-order valence-corrected chi connectivity index (χ3v) is 1.73. The summed E-state index contributed by atoms with van der Waals surface area (Å²) >= 11 is 0. The zero-order chi connectivity index (χ0) is 8.97. The first-order chi connectivity index (χ1) is 5.74. The molecule has 0 unspecified atom stereocenters. The van der Waals surface area contributed by atoms with E-state index in [9.17, 15) is 0 Å². The van der Waals surface area contributed by atoms with Crippen LogP contribution in [-0.4, -0.2) is 21.7 Å². The molecule has 1 aromatic heterocycles. The van der Waals surface area contributed by atoms with Crippen molar-refractivity contribution in [3.05, 3.63) is 23.8 Å². The lowest BCUT2D eigenvalue weighted by atomic mass is 10.1. The van der Waals surface area contributed by atoms with Gasteiger partial charge in [-0.1, -0.05) is 13.8 Å². The van der Waals surface area contributed by atoms with Gasteiger partial charge >= 0.3 is 0 Å². The molecule has 0 aliphatic carbocycles. The number of aliphatic hydroxyl groups is 1. The standard InChI is InChI=1S/C9H14N2O/c1-7(2)8-5-10-9(3-4-12)11-6-8/h5-7,12H,3-4H2,1-2H3. The summed E-state index contributed by atoms with van der Waals surface area (Å²) in [5.41, 5.74) is 1.14. The van der Waals surface area contributed by atoms with Crippen LogP contribution in [0.3, 0.4) is 0 Å². The fourth-order valence-corrected chi connectivity index (χ4v) is 0.892. The van der Waals surface area contributed by atoms with Crippen LogP contribution in [0.2, 0.25) is 0 Å². The maximum Gasteiger partial charge on any atom is 0.130 e. The fraction of sp³-hybridized carbons (Fsp3) is 0.556. The molecule has 0 saturated heterocycles. The van der Waals surface area contributed by atoms with Gasteiger partial charge in [-0.3, -0.25) is 0 Å². The molecular formula is C9H14N2O. The Morgan fingerprint density at radius 3 is 2.33 bits per heavy atom. The predicted octanol–water partition coefficient (Wildman–Crippen LogP) is 1.13. The van der Waals surface area contributed by atoms with Gasteiger partial charge in [0.1, 0.15) is 5.82 Å². The summed E-state index contributed by atoms with van der Waals surface area (Å²) in [5, 5.41) is 8.62. The molecule has 1 N–H and O–H groups in total. The van der Waals surface area contributed by atoms with E-state index in [-0.39, 0.29) is 6.61 Å². The van der Waals surface area contributed by atoms with Crippen molar-refractivity contribution in [3.8, 4) is 0 Å². The van der Waals surface area contributed by atoms with E-state index in [1.165, 1.54) is 0 Å². The van der Waals surface area contributed by atoms with E-state index in [4.69, 9.17) is 5.11 Å². The summed E-state index contributed by atoms with van der Waals surface area (Å²) < 4.78 is 0. The monoisotopic (exact) mass is 166 g/mol. The topological polar surface area (TPSA) is 46.0 Å². The lowest BCUT2D eigenvalue weighted by molar-refractivity contribution is 0.296. The van der Waals surface area contributed by atoms with Crippen LogP contribution in [0.5, 0.6) is 0 Å². The van der Waals surface area contributed by atoms with Crippen molar-refractivity contribution >= 4 is 0 Å². The van der Waals surface area contributed by atoms with E-state index in [0.29, 0.717) is 18.2 Å². The molecule has 3 nitrogen and oxygen atoms in total. The maximum absolute atomic E-state index is 8.62. The molecule has 0 amide bonds. The van der Waals surface area contributed by atoms with Gasteiger partial charge in [0.2, 0.25) is 0 Å². The van der Waals surface area contributed by atoms with Gasteiger partial charge in [-0.2, -0.15) is 0 Å². The summed E-state index contributed by atoms with van der Waals surface area (Å²) in [5.74, 6) is 1.18. The van der Waals surface area contributed by atoms with Crippen molar-refractivity contribution < 1.29 is 5.11 Å². The Balaban J connectivity index is 2.71. The third kappa shape index (κ3) is 2.27. The van der Waals surface area contributed by atoms with Crippen LogP contribution in [0, 0.1) is 0 Å². The Hall–Kier alpha value is -0.960. The average Bonchev–Trinajstić information content (AvgIpc) is 2.06. The van der Waals surface area contributed by atoms with Crippen LogP contribution in [-0.2, 0) is 6.42 Å². The van der Waals surface area contributed by atoms with Crippen LogP contribution >= 0.6 is 0 Å². The number of nitrogens with zero attached hydrogens (tertiary/aromatic N) is 2. The van der Waals surface area contributed by atoms with Crippen LogP contribution in [0.15, 0.2) is 12.4 Å². The SMILES string of the molecule is CC(C)c1cnc(CCO)nc1. The van der Waals surface area contributed by atoms with Crippen molar-refractivity contribution in [3.63, 3.8) is 0 Å². The number of rotatable bonds is 3. The molecule has 0 spiro atoms. The molecule has 0 radical (unpaired) electrons. The number of aromatic nitrogens is 2. The lowest BCUT2D eigenvalue weighted by Crippen LogP contribution is -2.00. The van der Waals surface area contributed by atoms with E-state index < -0.39 is 0 Å². The van der Waals surface area contributed by atoms with Crippen LogP contribution in [0.1, 0.15) is 31.2 Å². The molecule has 0 aliphatic heterocycles. The highest BCUT2D eigenvalue weighted by molar-refractivity contribution is 5.09. The molecule has 1 aromatic rings. The van der Waals surface area contributed by atoms with Gasteiger partial charge in [0.25, 0.3) is 0 Å². The fourth-order valence-electron chi connectivity index (χ4n) is 0.892. The zero-order valence-corrected chi connectivity index (χ0v) is 7.49. The maximum atomic E-state index is 8.62. The second kappa shape index (κ2) is 4.16. The first-order valence-corrected chi connectivity index (χ1v) is 4.15. The second-order valence-electron chi connectivity index (χ2n) is 3.06. The lowest BCUT2D eigenvalue weighted by Gasteiger charge is -2.03. The summed E-state index contributed by atoms with van der Waals surface area (Å²) in [7, 11) is 0. The normalized spacial score (nSPS) is 10.7. The van der Waals surface area contributed by atoms with E-state index >= 15 is 0 Å². The highest BCUT2D eigenvalue weighted by Crippen LogP contribution is 2.10. The van der Waals surface area contributed by atoms with Crippen LogP contribution < -0.4 is 0 Å². The minimum absolute atomic E-state index is 0.112. The molecule has 0 saturated carbocycles. The minimum Gasteiger partial charge on any atom is -0.396 e. The van der Waals surface area contributed by atoms with Crippen LogP contribution in [0.25, 0.3) is 0 Å². The van der Waals surface area contributed by atoms with Crippen molar-refractivity contribution in [2.24, 2.45) is 0 Å². The second-order valence-corrected chi connectivity index (χ2v) is 3.06. The van der Waals surface area contributed by atoms with Gasteiger partial charge in [0, 0.05) is 18.8 Å². The molecule has 3 heteroatoms. The summed E-state index contributed by atoms with van der Waals surface area (Å²) in [6.07, 6.45) is 4.18. The minimum atomic E-state index is 0.112. The van der Waals surface area contributed by atoms with E-state index in [2.05, 4.69) is 23.8 Å². The Morgan fingerprint density at radius 1 is 1.33 bits per heavy atom. The molecule has 1 heterocycles.